The second-order valence-corrected chi connectivity index (χ2v) is 5.47. The zero-order chi connectivity index (χ0) is 13.6. The van der Waals surface area contributed by atoms with Crippen molar-refractivity contribution in [1.82, 2.24) is 14.6 Å². The minimum absolute atomic E-state index is 0.375. The fraction of sp³-hybridized carbons (Fsp3) is 0.167. The Morgan fingerprint density at radius 3 is 2.84 bits per heavy atom. The molecule has 0 aromatic carbocycles. The Morgan fingerprint density at radius 2 is 2.21 bits per heavy atom. The molecule has 0 N–H and O–H groups in total. The van der Waals surface area contributed by atoms with Crippen LogP contribution in [0.25, 0.3) is 16.1 Å². The van der Waals surface area contributed by atoms with Gasteiger partial charge in [0.25, 0.3) is 0 Å². The highest BCUT2D eigenvalue weighted by Crippen LogP contribution is 2.35. The van der Waals surface area contributed by atoms with E-state index >= 15 is 0 Å². The van der Waals surface area contributed by atoms with Gasteiger partial charge in [0, 0.05) is 10.6 Å². The first-order valence-electron chi connectivity index (χ1n) is 5.43. The minimum Gasteiger partial charge on any atom is -0.233 e. The number of alkyl halides is 3. The van der Waals surface area contributed by atoms with Crippen LogP contribution in [-0.2, 0) is 5.38 Å². The molecule has 3 rings (SSSR count). The van der Waals surface area contributed by atoms with Crippen LogP contribution in [0.1, 0.15) is 11.4 Å². The number of halogens is 3. The van der Waals surface area contributed by atoms with Gasteiger partial charge >= 0.3 is 5.38 Å². The minimum atomic E-state index is -3.48. The third kappa shape index (κ3) is 2.11. The zero-order valence-corrected chi connectivity index (χ0v) is 11.3. The number of hydrogen-bond acceptors (Lipinski definition) is 3. The molecule has 0 amide bonds. The molecule has 3 aromatic rings. The van der Waals surface area contributed by atoms with Crippen molar-refractivity contribution in [2.75, 3.05) is 0 Å². The van der Waals surface area contributed by atoms with E-state index in [4.69, 9.17) is 11.6 Å². The summed E-state index contributed by atoms with van der Waals surface area (Å²) < 4.78 is 27.9. The van der Waals surface area contributed by atoms with Gasteiger partial charge in [0.2, 0.25) is 0 Å². The maximum Gasteiger partial charge on any atom is 0.364 e. The van der Waals surface area contributed by atoms with E-state index in [0.717, 1.165) is 15.0 Å². The van der Waals surface area contributed by atoms with Crippen LogP contribution in [0, 0.1) is 6.92 Å². The van der Waals surface area contributed by atoms with E-state index in [9.17, 15) is 8.78 Å². The summed E-state index contributed by atoms with van der Waals surface area (Å²) in [5.41, 5.74) is 1.21. The molecule has 0 fully saturated rings. The van der Waals surface area contributed by atoms with E-state index in [2.05, 4.69) is 10.1 Å². The second-order valence-electron chi connectivity index (χ2n) is 4.05. The molecule has 3 aromatic heterocycles. The molecule has 0 saturated heterocycles. The summed E-state index contributed by atoms with van der Waals surface area (Å²) in [6.45, 7) is 1.65. The fourth-order valence-corrected chi connectivity index (χ4v) is 2.76. The molecular formula is C12H8ClF2N3S. The topological polar surface area (TPSA) is 30.2 Å². The molecule has 0 aliphatic heterocycles. The van der Waals surface area contributed by atoms with Crippen LogP contribution in [-0.4, -0.2) is 14.6 Å². The highest BCUT2D eigenvalue weighted by molar-refractivity contribution is 7.13. The maximum atomic E-state index is 13.4. The third-order valence-corrected chi connectivity index (χ3v) is 3.77. The Morgan fingerprint density at radius 1 is 1.42 bits per heavy atom. The van der Waals surface area contributed by atoms with Crippen LogP contribution in [0.5, 0.6) is 0 Å². The van der Waals surface area contributed by atoms with E-state index in [1.807, 2.05) is 17.5 Å². The first kappa shape index (κ1) is 12.5. The molecule has 0 bridgehead atoms. The van der Waals surface area contributed by atoms with Crippen molar-refractivity contribution >= 4 is 28.6 Å². The number of thiophene rings is 1. The molecule has 7 heteroatoms. The molecule has 3 nitrogen and oxygen atoms in total. The van der Waals surface area contributed by atoms with Crippen LogP contribution in [0.2, 0.25) is 0 Å². The fourth-order valence-electron chi connectivity index (χ4n) is 1.89. The number of fused-ring (bicyclic) bond motifs is 1. The van der Waals surface area contributed by atoms with Crippen molar-refractivity contribution in [3.8, 4) is 10.4 Å². The summed E-state index contributed by atoms with van der Waals surface area (Å²) in [7, 11) is 0. The number of aromatic nitrogens is 3. The quantitative estimate of drug-likeness (QED) is 0.668. The highest BCUT2D eigenvalue weighted by atomic mass is 35.5. The SMILES string of the molecule is Cc1cc(C(F)(F)Cl)n2ncc(-c3cccs3)c2n1. The molecular weight excluding hydrogens is 292 g/mol. The maximum absolute atomic E-state index is 13.4. The third-order valence-electron chi connectivity index (χ3n) is 2.68. The van der Waals surface area contributed by atoms with E-state index < -0.39 is 5.38 Å². The molecule has 19 heavy (non-hydrogen) atoms. The largest absolute Gasteiger partial charge is 0.364 e. The molecule has 98 valence electrons. The average Bonchev–Trinajstić information content (AvgIpc) is 2.93. The normalized spacial score (nSPS) is 12.2. The van der Waals surface area contributed by atoms with Crippen molar-refractivity contribution in [1.29, 1.82) is 0 Å². The van der Waals surface area contributed by atoms with Gasteiger partial charge in [-0.25, -0.2) is 9.50 Å². The summed E-state index contributed by atoms with van der Waals surface area (Å²) in [6, 6.07) is 5.02. The van der Waals surface area contributed by atoms with Crippen LogP contribution >= 0.6 is 22.9 Å². The lowest BCUT2D eigenvalue weighted by Crippen LogP contribution is -2.12. The zero-order valence-electron chi connectivity index (χ0n) is 9.77. The predicted molar refractivity (Wildman–Crippen MR) is 70.8 cm³/mol. The Labute approximate surface area is 116 Å². The van der Waals surface area contributed by atoms with E-state index in [1.54, 1.807) is 6.92 Å². The number of aryl methyl sites for hydroxylation is 1. The summed E-state index contributed by atoms with van der Waals surface area (Å²) in [5.74, 6) is 0. The average molecular weight is 300 g/mol. The highest BCUT2D eigenvalue weighted by Gasteiger charge is 2.32. The molecule has 0 aliphatic carbocycles. The van der Waals surface area contributed by atoms with Crippen LogP contribution in [0.15, 0.2) is 29.8 Å². The Balaban J connectivity index is 2.33. The van der Waals surface area contributed by atoms with Gasteiger partial charge in [-0.15, -0.1) is 11.3 Å². The number of hydrogen-bond donors (Lipinski definition) is 0. The number of nitrogens with zero attached hydrogens (tertiary/aromatic N) is 3. The summed E-state index contributed by atoms with van der Waals surface area (Å²) in [4.78, 5) is 5.21. The van der Waals surface area contributed by atoms with Gasteiger partial charge in [-0.05, 0) is 36.0 Å². The molecule has 3 heterocycles. The smallest absolute Gasteiger partial charge is 0.233 e. The molecule has 0 radical (unpaired) electrons. The molecule has 0 atom stereocenters. The molecule has 0 saturated carbocycles. The van der Waals surface area contributed by atoms with Crippen LogP contribution < -0.4 is 0 Å². The monoisotopic (exact) mass is 299 g/mol. The van der Waals surface area contributed by atoms with Gasteiger partial charge in [-0.1, -0.05) is 6.07 Å². The summed E-state index contributed by atoms with van der Waals surface area (Å²) >= 11 is 6.63. The van der Waals surface area contributed by atoms with E-state index in [1.165, 1.54) is 23.6 Å². The van der Waals surface area contributed by atoms with Gasteiger partial charge in [-0.3, -0.25) is 0 Å². The van der Waals surface area contributed by atoms with Gasteiger partial charge in [0.05, 0.1) is 11.8 Å². The van der Waals surface area contributed by atoms with Crippen LogP contribution in [0.4, 0.5) is 8.78 Å². The Bertz CT molecular complexity index is 731. The summed E-state index contributed by atoms with van der Waals surface area (Å²) in [6.07, 6.45) is 1.53. The lowest BCUT2D eigenvalue weighted by molar-refractivity contribution is 0.0871. The van der Waals surface area contributed by atoms with Gasteiger partial charge in [-0.2, -0.15) is 13.9 Å². The molecule has 0 unspecified atom stereocenters. The van der Waals surface area contributed by atoms with Crippen molar-refractivity contribution in [2.45, 2.75) is 12.3 Å². The lowest BCUT2D eigenvalue weighted by Gasteiger charge is -2.10. The van der Waals surface area contributed by atoms with E-state index in [0.29, 0.717) is 11.3 Å². The van der Waals surface area contributed by atoms with E-state index in [-0.39, 0.29) is 5.69 Å². The van der Waals surface area contributed by atoms with Gasteiger partial charge in [0.15, 0.2) is 5.65 Å². The first-order valence-corrected chi connectivity index (χ1v) is 6.69. The molecule has 0 spiro atoms. The second kappa shape index (κ2) is 4.25. The lowest BCUT2D eigenvalue weighted by atomic mass is 10.2. The predicted octanol–water partition coefficient (Wildman–Crippen LogP) is 4.05. The van der Waals surface area contributed by atoms with Gasteiger partial charge in [0.1, 0.15) is 5.69 Å². The van der Waals surface area contributed by atoms with Crippen molar-refractivity contribution in [3.63, 3.8) is 0 Å². The van der Waals surface area contributed by atoms with Crippen molar-refractivity contribution in [3.05, 3.63) is 41.2 Å². The Hall–Kier alpha value is -1.53. The van der Waals surface area contributed by atoms with Crippen molar-refractivity contribution in [2.24, 2.45) is 0 Å². The first-order chi connectivity index (χ1) is 8.97. The van der Waals surface area contributed by atoms with Crippen LogP contribution in [0.3, 0.4) is 0 Å². The molecule has 0 aliphatic rings. The standard InChI is InChI=1S/C12H8ClF2N3S/c1-7-5-10(12(13,14)15)18-11(17-7)8(6-16-18)9-3-2-4-19-9/h2-6H,1H3. The van der Waals surface area contributed by atoms with Gasteiger partial charge < -0.3 is 0 Å². The summed E-state index contributed by atoms with van der Waals surface area (Å²) in [5, 5.41) is 2.41. The van der Waals surface area contributed by atoms with Crippen molar-refractivity contribution < 1.29 is 8.78 Å². The number of rotatable bonds is 2. The Kier molecular flexibility index (Phi) is 2.79.